The van der Waals surface area contributed by atoms with E-state index in [1.165, 1.54) is 10.6 Å². The molecule has 2 aliphatic rings. The third kappa shape index (κ3) is 4.33. The normalized spacial score (nSPS) is 20.1. The number of pyridine rings is 1. The largest absolute Gasteiger partial charge is 0.358 e. The van der Waals surface area contributed by atoms with Gasteiger partial charge in [0.05, 0.1) is 6.54 Å². The molecule has 0 radical (unpaired) electrons. The summed E-state index contributed by atoms with van der Waals surface area (Å²) in [6, 6.07) is 4.94. The molecule has 3 rings (SSSR count). The number of nitrogens with zero attached hydrogens (tertiary/aromatic N) is 3. The molecule has 3 heterocycles. The Morgan fingerprint density at radius 2 is 1.88 bits per heavy atom. The fourth-order valence-electron chi connectivity index (χ4n) is 4.13. The van der Waals surface area contributed by atoms with Crippen LogP contribution in [0.15, 0.2) is 29.2 Å². The molecule has 2 aliphatic heterocycles. The summed E-state index contributed by atoms with van der Waals surface area (Å²) < 4.78 is 1.47. The van der Waals surface area contributed by atoms with Crippen molar-refractivity contribution in [1.82, 2.24) is 19.7 Å². The maximum absolute atomic E-state index is 12.7. The number of nitrogens with one attached hydrogen (secondary N) is 1. The number of rotatable bonds is 4. The van der Waals surface area contributed by atoms with Crippen LogP contribution in [0.1, 0.15) is 25.7 Å². The second-order valence-electron chi connectivity index (χ2n) is 7.53. The fraction of sp³-hybridized carbons (Fsp3) is 0.632. The first-order valence-electron chi connectivity index (χ1n) is 9.38. The van der Waals surface area contributed by atoms with Crippen molar-refractivity contribution in [3.63, 3.8) is 0 Å². The van der Waals surface area contributed by atoms with E-state index in [1.807, 2.05) is 4.90 Å². The summed E-state index contributed by atoms with van der Waals surface area (Å²) in [5.74, 6) is 0.0693. The van der Waals surface area contributed by atoms with E-state index in [1.54, 1.807) is 25.4 Å². The van der Waals surface area contributed by atoms with Crippen molar-refractivity contribution in [2.75, 3.05) is 39.8 Å². The molecule has 0 bridgehead atoms. The summed E-state index contributed by atoms with van der Waals surface area (Å²) in [4.78, 5) is 40.2. The lowest BCUT2D eigenvalue weighted by Gasteiger charge is -2.47. The molecule has 1 aromatic heterocycles. The Kier molecular flexibility index (Phi) is 5.76. The first-order valence-corrected chi connectivity index (χ1v) is 9.38. The maximum atomic E-state index is 12.7. The highest BCUT2D eigenvalue weighted by atomic mass is 16.2. The van der Waals surface area contributed by atoms with Crippen molar-refractivity contribution >= 4 is 11.8 Å². The van der Waals surface area contributed by atoms with Gasteiger partial charge in [-0.3, -0.25) is 19.3 Å². The van der Waals surface area contributed by atoms with Gasteiger partial charge in [0.25, 0.3) is 5.56 Å². The Hall–Kier alpha value is -2.15. The highest BCUT2D eigenvalue weighted by Gasteiger charge is 2.39. The van der Waals surface area contributed by atoms with Gasteiger partial charge in [-0.25, -0.2) is 0 Å². The zero-order valence-corrected chi connectivity index (χ0v) is 15.4. The standard InChI is InChI=1S/C19H28N4O3/c1-20-16(24)13-21-11-7-19(8-12-21)6-4-10-23(15-19)18(26)14-22-9-3-2-5-17(22)25/h2-3,5,9H,4,6-8,10-15H2,1H3,(H,20,24). The summed E-state index contributed by atoms with van der Waals surface area (Å²) in [6.45, 7) is 3.89. The van der Waals surface area contributed by atoms with Crippen molar-refractivity contribution in [1.29, 1.82) is 0 Å². The quantitative estimate of drug-likeness (QED) is 0.838. The number of carbonyl (C=O) groups excluding carboxylic acids is 2. The number of hydrogen-bond acceptors (Lipinski definition) is 4. The van der Waals surface area contributed by atoms with Gasteiger partial charge in [-0.2, -0.15) is 0 Å². The van der Waals surface area contributed by atoms with Crippen LogP contribution in [0.2, 0.25) is 0 Å². The SMILES string of the molecule is CNC(=O)CN1CCC2(CCCN(C(=O)Cn3ccccc3=O)C2)CC1. The van der Waals surface area contributed by atoms with Crippen LogP contribution in [0, 0.1) is 5.41 Å². The van der Waals surface area contributed by atoms with Crippen LogP contribution in [0.3, 0.4) is 0 Å². The van der Waals surface area contributed by atoms with E-state index in [4.69, 9.17) is 0 Å². The Labute approximate surface area is 154 Å². The van der Waals surface area contributed by atoms with Crippen LogP contribution >= 0.6 is 0 Å². The van der Waals surface area contributed by atoms with Gasteiger partial charge in [-0.05, 0) is 50.3 Å². The Bertz CT molecular complexity index is 707. The number of piperidine rings is 2. The van der Waals surface area contributed by atoms with Gasteiger partial charge in [0.1, 0.15) is 6.54 Å². The molecule has 0 unspecified atom stereocenters. The molecule has 2 fully saturated rings. The van der Waals surface area contributed by atoms with Gasteiger partial charge >= 0.3 is 0 Å². The highest BCUT2D eigenvalue weighted by molar-refractivity contribution is 5.77. The molecule has 1 N–H and O–H groups in total. The second-order valence-corrected chi connectivity index (χ2v) is 7.53. The average molecular weight is 360 g/mol. The zero-order valence-electron chi connectivity index (χ0n) is 15.4. The van der Waals surface area contributed by atoms with Gasteiger partial charge in [0.15, 0.2) is 0 Å². The van der Waals surface area contributed by atoms with Crippen molar-refractivity contribution in [2.45, 2.75) is 32.2 Å². The molecule has 0 atom stereocenters. The van der Waals surface area contributed by atoms with Gasteiger partial charge in [-0.1, -0.05) is 6.07 Å². The number of amides is 2. The van der Waals surface area contributed by atoms with Gasteiger partial charge < -0.3 is 14.8 Å². The first kappa shape index (κ1) is 18.6. The molecule has 7 nitrogen and oxygen atoms in total. The molecular formula is C19H28N4O3. The van der Waals surface area contributed by atoms with E-state index in [9.17, 15) is 14.4 Å². The summed E-state index contributed by atoms with van der Waals surface area (Å²) in [5, 5.41) is 2.67. The molecule has 0 aliphatic carbocycles. The van der Waals surface area contributed by atoms with Crippen molar-refractivity contribution in [3.05, 3.63) is 34.7 Å². The lowest BCUT2D eigenvalue weighted by Crippen LogP contribution is -2.52. The Balaban J connectivity index is 1.57. The first-order chi connectivity index (χ1) is 12.5. The topological polar surface area (TPSA) is 74.7 Å². The fourth-order valence-corrected chi connectivity index (χ4v) is 4.13. The predicted octanol–water partition coefficient (Wildman–Crippen LogP) is 0.299. The van der Waals surface area contributed by atoms with Gasteiger partial charge in [0.2, 0.25) is 11.8 Å². The number of carbonyl (C=O) groups is 2. The molecular weight excluding hydrogens is 332 g/mol. The highest BCUT2D eigenvalue weighted by Crippen LogP contribution is 2.39. The molecule has 2 saturated heterocycles. The average Bonchev–Trinajstić information content (AvgIpc) is 2.65. The van der Waals surface area contributed by atoms with Crippen LogP contribution in [0.4, 0.5) is 0 Å². The molecule has 7 heteroatoms. The second kappa shape index (κ2) is 8.03. The Morgan fingerprint density at radius 1 is 1.12 bits per heavy atom. The van der Waals surface area contributed by atoms with Crippen molar-refractivity contribution in [3.8, 4) is 0 Å². The van der Waals surface area contributed by atoms with E-state index in [0.29, 0.717) is 6.54 Å². The minimum absolute atomic E-state index is 0.0187. The summed E-state index contributed by atoms with van der Waals surface area (Å²) >= 11 is 0. The van der Waals surface area contributed by atoms with Crippen molar-refractivity contribution in [2.24, 2.45) is 5.41 Å². The molecule has 26 heavy (non-hydrogen) atoms. The summed E-state index contributed by atoms with van der Waals surface area (Å²) in [6.07, 6.45) is 5.83. The van der Waals surface area contributed by atoms with E-state index >= 15 is 0 Å². The minimum Gasteiger partial charge on any atom is -0.358 e. The number of likely N-dealkylation sites (N-methyl/N-ethyl adjacent to an activating group) is 1. The van der Waals surface area contributed by atoms with Gasteiger partial charge in [-0.15, -0.1) is 0 Å². The number of aromatic nitrogens is 1. The van der Waals surface area contributed by atoms with Gasteiger partial charge in [0, 0.05) is 32.4 Å². The molecule has 2 amide bonds. The third-order valence-electron chi connectivity index (χ3n) is 5.78. The number of likely N-dealkylation sites (tertiary alicyclic amines) is 2. The number of hydrogen-bond donors (Lipinski definition) is 1. The van der Waals surface area contributed by atoms with E-state index in [0.717, 1.165) is 51.9 Å². The molecule has 0 aromatic carbocycles. The lowest BCUT2D eigenvalue weighted by atomic mass is 9.72. The minimum atomic E-state index is -0.143. The van der Waals surface area contributed by atoms with Crippen LogP contribution in [-0.2, 0) is 16.1 Å². The maximum Gasteiger partial charge on any atom is 0.250 e. The lowest BCUT2D eigenvalue weighted by molar-refractivity contribution is -0.136. The third-order valence-corrected chi connectivity index (χ3v) is 5.78. The van der Waals surface area contributed by atoms with Crippen molar-refractivity contribution < 1.29 is 9.59 Å². The summed E-state index contributed by atoms with van der Waals surface area (Å²) in [5.41, 5.74) is 0.0180. The predicted molar refractivity (Wildman–Crippen MR) is 98.7 cm³/mol. The van der Waals surface area contributed by atoms with E-state index in [2.05, 4.69) is 10.2 Å². The monoisotopic (exact) mass is 360 g/mol. The summed E-state index contributed by atoms with van der Waals surface area (Å²) in [7, 11) is 1.66. The molecule has 0 saturated carbocycles. The zero-order chi connectivity index (χ0) is 18.6. The van der Waals surface area contributed by atoms with E-state index in [-0.39, 0.29) is 29.3 Å². The van der Waals surface area contributed by atoms with Crippen LogP contribution in [0.5, 0.6) is 0 Å². The van der Waals surface area contributed by atoms with Crippen LogP contribution < -0.4 is 10.9 Å². The van der Waals surface area contributed by atoms with Crippen LogP contribution in [0.25, 0.3) is 0 Å². The molecule has 1 spiro atoms. The smallest absolute Gasteiger partial charge is 0.250 e. The molecule has 142 valence electrons. The Morgan fingerprint density at radius 3 is 2.58 bits per heavy atom. The van der Waals surface area contributed by atoms with Crippen LogP contribution in [-0.4, -0.2) is 66.0 Å². The molecule has 1 aromatic rings. The van der Waals surface area contributed by atoms with E-state index < -0.39 is 0 Å².